The Hall–Kier alpha value is -2.81. The predicted octanol–water partition coefficient (Wildman–Crippen LogP) is 15.7. The minimum Gasteiger partial charge on any atom is -0.512 e. The Kier molecular flexibility index (Phi) is 15.0. The molecule has 3 aromatic carbocycles. The number of hydrogen-bond donors (Lipinski definition) is 1. The third-order valence-electron chi connectivity index (χ3n) is 14.9. The van der Waals surface area contributed by atoms with Gasteiger partial charge in [-0.1, -0.05) is 117 Å². The maximum atomic E-state index is 12.2. The average molecular weight is 949 g/mol. The number of aliphatic hydroxyl groups excluding tert-OH is 1. The Labute approximate surface area is 360 Å². The van der Waals surface area contributed by atoms with Crippen LogP contribution in [0.15, 0.2) is 60.4 Å². The number of allylic oxidation sites excluding steroid dienone is 2. The van der Waals surface area contributed by atoms with E-state index in [-0.39, 0.29) is 47.9 Å². The molecule has 2 aliphatic carbocycles. The fourth-order valence-corrected chi connectivity index (χ4v) is 9.42. The van der Waals surface area contributed by atoms with Crippen LogP contribution in [0.2, 0.25) is 0 Å². The number of ketones is 1. The molecule has 0 atom stereocenters. The fraction of sp³-hybridized carbons (Fsp3) is 0.585. The van der Waals surface area contributed by atoms with Crippen LogP contribution in [-0.4, -0.2) is 15.9 Å². The van der Waals surface area contributed by atoms with Crippen LogP contribution in [0.1, 0.15) is 181 Å². The van der Waals surface area contributed by atoms with E-state index >= 15 is 0 Å². The Morgan fingerprint density at radius 2 is 1.40 bits per heavy atom. The Morgan fingerprint density at radius 1 is 0.825 bits per heavy atom. The quantitative estimate of drug-likeness (QED) is 0.103. The molecular weight excluding hydrogens is 875 g/mol. The van der Waals surface area contributed by atoms with Gasteiger partial charge in [0.1, 0.15) is 5.76 Å². The number of carbonyl (C=O) groups is 1. The number of hydrogen-bond acceptors (Lipinski definition) is 3. The van der Waals surface area contributed by atoms with E-state index in [1.807, 2.05) is 41.5 Å². The standard InChI is InChI=1S/C38H46N.C15H28O2.Ir/c1-25-20-26(2)35-31(27-12-14-38(15-13-27)18-16-37(6,7)17-19-38)24-33(39-34(35)21-25)29-22-28-10-8-9-11-30(28)32(23-29)36(3,4)5;1-7-14(5,8-2)12(16)11-13(17)15(6,9-3)10-4;/h8-11,20-21,23-24,27H,12-19H2,1-7H3;11,16H,7-10H2,1-6H3;/q-1;;/b;12-11-;. The van der Waals surface area contributed by atoms with Gasteiger partial charge in [0.15, 0.2) is 5.78 Å². The third kappa shape index (κ3) is 10.3. The van der Waals surface area contributed by atoms with Gasteiger partial charge in [-0.3, -0.25) is 9.78 Å². The molecule has 0 unspecified atom stereocenters. The van der Waals surface area contributed by atoms with Crippen LogP contribution in [0.25, 0.3) is 32.9 Å². The molecule has 2 saturated carbocycles. The molecule has 0 saturated heterocycles. The van der Waals surface area contributed by atoms with E-state index in [1.54, 1.807) is 0 Å². The molecule has 1 radical (unpaired) electrons. The number of benzene rings is 3. The van der Waals surface area contributed by atoms with Gasteiger partial charge in [0.2, 0.25) is 0 Å². The van der Waals surface area contributed by atoms with E-state index < -0.39 is 0 Å². The van der Waals surface area contributed by atoms with Crippen molar-refractivity contribution in [2.45, 2.75) is 178 Å². The number of fused-ring (bicyclic) bond motifs is 2. The molecule has 1 spiro atoms. The zero-order chi connectivity index (χ0) is 41.3. The average Bonchev–Trinajstić information content (AvgIpc) is 3.17. The summed E-state index contributed by atoms with van der Waals surface area (Å²) in [6.45, 7) is 28.5. The summed E-state index contributed by atoms with van der Waals surface area (Å²) in [4.78, 5) is 17.5. The van der Waals surface area contributed by atoms with E-state index in [2.05, 4.69) is 103 Å². The van der Waals surface area contributed by atoms with Crippen molar-refractivity contribution in [2.75, 3.05) is 0 Å². The molecule has 57 heavy (non-hydrogen) atoms. The molecule has 0 aliphatic heterocycles. The first-order valence-corrected chi connectivity index (χ1v) is 22.1. The smallest absolute Gasteiger partial charge is 0.164 e. The first-order chi connectivity index (χ1) is 26.2. The largest absolute Gasteiger partial charge is 0.512 e. The number of nitrogens with zero attached hydrogens (tertiary/aromatic N) is 1. The van der Waals surface area contributed by atoms with Gasteiger partial charge in [-0.25, -0.2) is 0 Å². The monoisotopic (exact) mass is 950 g/mol. The van der Waals surface area contributed by atoms with Gasteiger partial charge in [-0.2, -0.15) is 0 Å². The molecule has 0 bridgehead atoms. The summed E-state index contributed by atoms with van der Waals surface area (Å²) < 4.78 is 0. The summed E-state index contributed by atoms with van der Waals surface area (Å²) in [5, 5.41) is 14.0. The molecule has 6 rings (SSSR count). The maximum absolute atomic E-state index is 12.2. The van der Waals surface area contributed by atoms with Crippen LogP contribution in [0.3, 0.4) is 0 Å². The van der Waals surface area contributed by atoms with E-state index in [0.717, 1.165) is 42.5 Å². The minimum absolute atomic E-state index is 0. The summed E-state index contributed by atoms with van der Waals surface area (Å²) in [6.07, 6.45) is 15.8. The van der Waals surface area contributed by atoms with Crippen molar-refractivity contribution in [2.24, 2.45) is 21.7 Å². The predicted molar refractivity (Wildman–Crippen MR) is 241 cm³/mol. The summed E-state index contributed by atoms with van der Waals surface area (Å²) in [5.41, 5.74) is 9.49. The van der Waals surface area contributed by atoms with Crippen LogP contribution in [0.4, 0.5) is 0 Å². The van der Waals surface area contributed by atoms with Crippen molar-refractivity contribution in [3.05, 3.63) is 88.7 Å². The summed E-state index contributed by atoms with van der Waals surface area (Å²) >= 11 is 0. The normalized spacial score (nSPS) is 17.6. The second-order valence-electron chi connectivity index (χ2n) is 20.3. The number of carbonyl (C=O) groups excluding carboxylic acids is 1. The fourth-order valence-electron chi connectivity index (χ4n) is 9.42. The molecule has 1 aromatic heterocycles. The van der Waals surface area contributed by atoms with Crippen molar-refractivity contribution in [1.82, 2.24) is 4.98 Å². The first-order valence-electron chi connectivity index (χ1n) is 22.1. The van der Waals surface area contributed by atoms with Gasteiger partial charge in [-0.15, -0.1) is 29.1 Å². The SMILES string of the molecule is CCC(C)(CC)C(=O)/C=C(\O)C(C)(CC)CC.Cc1cc(C)c2c(C3CCC4(CC3)CCC(C)(C)CC4)cc(-c3[c-]c4ccccc4c(C(C)(C)C)c3)nc2c1.[Ir]. The number of aliphatic hydroxyl groups is 1. The third-order valence-corrected chi connectivity index (χ3v) is 14.9. The summed E-state index contributed by atoms with van der Waals surface area (Å²) in [6, 6.07) is 22.0. The second-order valence-corrected chi connectivity index (χ2v) is 20.3. The molecular formula is C53H74IrNO2-. The van der Waals surface area contributed by atoms with Crippen molar-refractivity contribution >= 4 is 27.5 Å². The zero-order valence-electron chi connectivity index (χ0n) is 37.9. The van der Waals surface area contributed by atoms with Crippen LogP contribution in [0.5, 0.6) is 0 Å². The molecule has 2 aliphatic rings. The first kappa shape index (κ1) is 46.9. The van der Waals surface area contributed by atoms with E-state index in [1.165, 1.54) is 95.9 Å². The number of rotatable bonds is 9. The van der Waals surface area contributed by atoms with Crippen LogP contribution >= 0.6 is 0 Å². The molecule has 1 N–H and O–H groups in total. The molecule has 0 amide bonds. The Morgan fingerprint density at radius 3 is 1.96 bits per heavy atom. The van der Waals surface area contributed by atoms with Crippen molar-refractivity contribution < 1.29 is 30.0 Å². The van der Waals surface area contributed by atoms with Gasteiger partial charge in [0.25, 0.3) is 0 Å². The van der Waals surface area contributed by atoms with Crippen molar-refractivity contribution in [3.8, 4) is 11.3 Å². The maximum Gasteiger partial charge on any atom is 0.164 e. The van der Waals surface area contributed by atoms with Gasteiger partial charge in [-0.05, 0) is 136 Å². The van der Waals surface area contributed by atoms with E-state index in [0.29, 0.717) is 16.7 Å². The van der Waals surface area contributed by atoms with Gasteiger partial charge in [0.05, 0.1) is 5.52 Å². The summed E-state index contributed by atoms with van der Waals surface area (Å²) in [7, 11) is 0. The minimum atomic E-state index is -0.337. The Balaban J connectivity index is 0.000000341. The van der Waals surface area contributed by atoms with Crippen LogP contribution in [-0.2, 0) is 30.3 Å². The topological polar surface area (TPSA) is 50.2 Å². The van der Waals surface area contributed by atoms with Gasteiger partial charge < -0.3 is 5.11 Å². The second kappa shape index (κ2) is 18.2. The molecule has 3 nitrogen and oxygen atoms in total. The molecule has 4 heteroatoms. The van der Waals surface area contributed by atoms with Crippen LogP contribution in [0, 0.1) is 41.6 Å². The van der Waals surface area contributed by atoms with Crippen molar-refractivity contribution in [3.63, 3.8) is 0 Å². The number of pyridine rings is 1. The zero-order valence-corrected chi connectivity index (χ0v) is 40.3. The van der Waals surface area contributed by atoms with E-state index in [9.17, 15) is 9.90 Å². The van der Waals surface area contributed by atoms with Gasteiger partial charge >= 0.3 is 0 Å². The number of aryl methyl sites for hydroxylation is 2. The Bertz CT molecular complexity index is 2040. The molecule has 4 aromatic rings. The van der Waals surface area contributed by atoms with Crippen molar-refractivity contribution in [1.29, 1.82) is 0 Å². The van der Waals surface area contributed by atoms with Gasteiger partial charge in [0, 0.05) is 48.1 Å². The van der Waals surface area contributed by atoms with E-state index in [4.69, 9.17) is 4.98 Å². The molecule has 2 fully saturated rings. The summed E-state index contributed by atoms with van der Waals surface area (Å²) in [5.74, 6) is 0.896. The molecule has 1 heterocycles. The van der Waals surface area contributed by atoms with Crippen LogP contribution < -0.4 is 0 Å². The molecule has 313 valence electrons. The number of aromatic nitrogens is 1.